The first-order chi connectivity index (χ1) is 9.37. The van der Waals surface area contributed by atoms with Gasteiger partial charge in [-0.15, -0.1) is 0 Å². The van der Waals surface area contributed by atoms with Crippen molar-refractivity contribution >= 4 is 10.2 Å². The number of piperidine rings is 1. The third kappa shape index (κ3) is 3.01. The minimum Gasteiger partial charge on any atom is -0.395 e. The fourth-order valence-electron chi connectivity index (χ4n) is 3.38. The van der Waals surface area contributed by atoms with Crippen LogP contribution in [0.3, 0.4) is 0 Å². The molecule has 0 saturated carbocycles. The Hall–Kier alpha value is -0.210. The maximum atomic E-state index is 12.8. The summed E-state index contributed by atoms with van der Waals surface area (Å²) in [7, 11) is 0.547. The number of aliphatic hydroxyl groups is 1. The first kappa shape index (κ1) is 16.2. The Labute approximate surface area is 122 Å². The topological polar surface area (TPSA) is 64.1 Å². The molecule has 3 atom stereocenters. The molecule has 2 aliphatic heterocycles. The summed E-state index contributed by atoms with van der Waals surface area (Å²) < 4.78 is 28.7. The van der Waals surface area contributed by atoms with Gasteiger partial charge in [-0.2, -0.15) is 17.0 Å². The molecular formula is C13H27N3O3S. The van der Waals surface area contributed by atoms with Crippen molar-refractivity contribution in [3.63, 3.8) is 0 Å². The Morgan fingerprint density at radius 2 is 1.95 bits per heavy atom. The Balaban J connectivity index is 2.14. The average Bonchev–Trinajstić information content (AvgIpc) is 2.81. The SMILES string of the molecule is CC1CN(S(=O)(=O)N2CCCCC2CO)CC1N(C)C. The molecule has 0 aromatic carbocycles. The summed E-state index contributed by atoms with van der Waals surface area (Å²) in [4.78, 5) is 2.10. The van der Waals surface area contributed by atoms with Crippen molar-refractivity contribution < 1.29 is 13.5 Å². The molecule has 0 aromatic heterocycles. The molecule has 3 unspecified atom stereocenters. The lowest BCUT2D eigenvalue weighted by molar-refractivity contribution is 0.148. The van der Waals surface area contributed by atoms with Gasteiger partial charge < -0.3 is 10.0 Å². The van der Waals surface area contributed by atoms with Gasteiger partial charge in [0.1, 0.15) is 0 Å². The van der Waals surface area contributed by atoms with Gasteiger partial charge in [0.15, 0.2) is 0 Å². The van der Waals surface area contributed by atoms with Crippen LogP contribution in [0.5, 0.6) is 0 Å². The zero-order valence-electron chi connectivity index (χ0n) is 12.7. The molecule has 0 spiro atoms. The van der Waals surface area contributed by atoms with Crippen molar-refractivity contribution in [2.45, 2.75) is 38.3 Å². The van der Waals surface area contributed by atoms with Crippen LogP contribution in [0.15, 0.2) is 0 Å². The quantitative estimate of drug-likeness (QED) is 0.791. The van der Waals surface area contributed by atoms with Crippen LogP contribution < -0.4 is 0 Å². The van der Waals surface area contributed by atoms with E-state index in [-0.39, 0.29) is 18.7 Å². The first-order valence-electron chi connectivity index (χ1n) is 7.42. The van der Waals surface area contributed by atoms with Gasteiger partial charge in [0.05, 0.1) is 6.61 Å². The third-order valence-corrected chi connectivity index (χ3v) is 6.63. The van der Waals surface area contributed by atoms with E-state index in [4.69, 9.17) is 0 Å². The van der Waals surface area contributed by atoms with Gasteiger partial charge in [-0.05, 0) is 32.9 Å². The van der Waals surface area contributed by atoms with Crippen molar-refractivity contribution in [1.82, 2.24) is 13.5 Å². The molecular weight excluding hydrogens is 278 g/mol. The molecule has 0 aliphatic carbocycles. The van der Waals surface area contributed by atoms with Crippen molar-refractivity contribution in [2.75, 3.05) is 40.3 Å². The molecule has 2 rings (SSSR count). The minimum absolute atomic E-state index is 0.0836. The standard InChI is InChI=1S/C13H27N3O3S/c1-11-8-15(9-13(11)14(2)3)20(18,19)16-7-5-4-6-12(16)10-17/h11-13,17H,4-10H2,1-3H3. The zero-order valence-corrected chi connectivity index (χ0v) is 13.5. The molecule has 2 aliphatic rings. The van der Waals surface area contributed by atoms with Crippen molar-refractivity contribution in [2.24, 2.45) is 5.92 Å². The monoisotopic (exact) mass is 305 g/mol. The molecule has 7 heteroatoms. The van der Waals surface area contributed by atoms with E-state index in [1.807, 2.05) is 14.1 Å². The maximum absolute atomic E-state index is 12.8. The van der Waals surface area contributed by atoms with Crippen LogP contribution in [0.2, 0.25) is 0 Å². The number of likely N-dealkylation sites (N-methyl/N-ethyl adjacent to an activating group) is 1. The van der Waals surface area contributed by atoms with E-state index in [2.05, 4.69) is 11.8 Å². The summed E-state index contributed by atoms with van der Waals surface area (Å²) in [5, 5.41) is 9.43. The Morgan fingerprint density at radius 3 is 2.50 bits per heavy atom. The van der Waals surface area contributed by atoms with Gasteiger partial charge in [-0.1, -0.05) is 13.3 Å². The van der Waals surface area contributed by atoms with Crippen molar-refractivity contribution in [3.05, 3.63) is 0 Å². The normalized spacial score (nSPS) is 34.0. The van der Waals surface area contributed by atoms with E-state index in [1.54, 1.807) is 4.31 Å². The van der Waals surface area contributed by atoms with Crippen molar-refractivity contribution in [1.29, 1.82) is 0 Å². The lowest BCUT2D eigenvalue weighted by atomic mass is 10.1. The van der Waals surface area contributed by atoms with Crippen LogP contribution in [0.1, 0.15) is 26.2 Å². The molecule has 20 heavy (non-hydrogen) atoms. The van der Waals surface area contributed by atoms with Crippen LogP contribution in [0.4, 0.5) is 0 Å². The molecule has 0 aromatic rings. The highest BCUT2D eigenvalue weighted by molar-refractivity contribution is 7.86. The third-order valence-electron chi connectivity index (χ3n) is 4.61. The predicted octanol–water partition coefficient (Wildman–Crippen LogP) is -0.0401. The first-order valence-corrected chi connectivity index (χ1v) is 8.81. The number of aliphatic hydroxyl groups excluding tert-OH is 1. The number of nitrogens with zero attached hydrogens (tertiary/aromatic N) is 3. The minimum atomic E-state index is -3.44. The molecule has 2 fully saturated rings. The fourth-order valence-corrected chi connectivity index (χ4v) is 5.35. The Kier molecular flexibility index (Phi) is 5.07. The lowest BCUT2D eigenvalue weighted by Gasteiger charge is -2.36. The van der Waals surface area contributed by atoms with Crippen LogP contribution in [0.25, 0.3) is 0 Å². The van der Waals surface area contributed by atoms with Gasteiger partial charge >= 0.3 is 0 Å². The molecule has 0 radical (unpaired) electrons. The molecule has 6 nitrogen and oxygen atoms in total. The van der Waals surface area contributed by atoms with Crippen LogP contribution >= 0.6 is 0 Å². The summed E-state index contributed by atoms with van der Waals surface area (Å²) in [5.74, 6) is 0.331. The summed E-state index contributed by atoms with van der Waals surface area (Å²) in [5.41, 5.74) is 0. The fraction of sp³-hybridized carbons (Fsp3) is 1.00. The van der Waals surface area contributed by atoms with E-state index in [0.29, 0.717) is 25.6 Å². The highest BCUT2D eigenvalue weighted by Crippen LogP contribution is 2.28. The lowest BCUT2D eigenvalue weighted by Crippen LogP contribution is -2.51. The molecule has 0 bridgehead atoms. The van der Waals surface area contributed by atoms with Gasteiger partial charge in [-0.3, -0.25) is 0 Å². The maximum Gasteiger partial charge on any atom is 0.282 e. The predicted molar refractivity (Wildman–Crippen MR) is 78.6 cm³/mol. The van der Waals surface area contributed by atoms with E-state index < -0.39 is 10.2 Å². The summed E-state index contributed by atoms with van der Waals surface area (Å²) in [6, 6.07) is 0.0182. The summed E-state index contributed by atoms with van der Waals surface area (Å²) in [6.07, 6.45) is 2.64. The number of rotatable bonds is 4. The van der Waals surface area contributed by atoms with E-state index >= 15 is 0 Å². The number of hydrogen-bond acceptors (Lipinski definition) is 4. The van der Waals surface area contributed by atoms with Crippen molar-refractivity contribution in [3.8, 4) is 0 Å². The van der Waals surface area contributed by atoms with Gasteiger partial charge in [-0.25, -0.2) is 0 Å². The second kappa shape index (κ2) is 6.27. The van der Waals surface area contributed by atoms with E-state index in [0.717, 1.165) is 19.3 Å². The van der Waals surface area contributed by atoms with E-state index in [9.17, 15) is 13.5 Å². The highest BCUT2D eigenvalue weighted by atomic mass is 32.2. The largest absolute Gasteiger partial charge is 0.395 e. The second-order valence-corrected chi connectivity index (χ2v) is 8.16. The van der Waals surface area contributed by atoms with Crippen LogP contribution in [-0.4, -0.2) is 79.5 Å². The molecule has 2 saturated heterocycles. The molecule has 2 heterocycles. The molecule has 1 N–H and O–H groups in total. The zero-order chi connectivity index (χ0) is 14.9. The van der Waals surface area contributed by atoms with Crippen LogP contribution in [-0.2, 0) is 10.2 Å². The van der Waals surface area contributed by atoms with Crippen LogP contribution in [0, 0.1) is 5.92 Å². The molecule has 0 amide bonds. The second-order valence-electron chi connectivity index (χ2n) is 6.28. The molecule has 118 valence electrons. The smallest absolute Gasteiger partial charge is 0.282 e. The van der Waals surface area contributed by atoms with Gasteiger partial charge in [0, 0.05) is 31.7 Å². The van der Waals surface area contributed by atoms with E-state index in [1.165, 1.54) is 4.31 Å². The average molecular weight is 305 g/mol. The van der Waals surface area contributed by atoms with Gasteiger partial charge in [0.25, 0.3) is 10.2 Å². The summed E-state index contributed by atoms with van der Waals surface area (Å²) in [6.45, 7) is 3.66. The highest BCUT2D eigenvalue weighted by Gasteiger charge is 2.42. The summed E-state index contributed by atoms with van der Waals surface area (Å²) >= 11 is 0. The van der Waals surface area contributed by atoms with Gasteiger partial charge in [0.2, 0.25) is 0 Å². The Bertz CT molecular complexity index is 427. The Morgan fingerprint density at radius 1 is 1.25 bits per heavy atom. The number of hydrogen-bond donors (Lipinski definition) is 1.